The Kier molecular flexibility index (Phi) is 8.72. The zero-order valence-corrected chi connectivity index (χ0v) is 19.6. The second-order valence-corrected chi connectivity index (χ2v) is 8.45. The van der Waals surface area contributed by atoms with E-state index in [1.807, 2.05) is 45.0 Å². The average molecular weight is 477 g/mol. The molecule has 0 aliphatic heterocycles. The van der Waals surface area contributed by atoms with Crippen molar-refractivity contribution in [2.75, 3.05) is 14.2 Å². The summed E-state index contributed by atoms with van der Waals surface area (Å²) >= 11 is 3.42. The van der Waals surface area contributed by atoms with Gasteiger partial charge in [0.25, 0.3) is 5.91 Å². The first-order valence-corrected chi connectivity index (χ1v) is 10.6. The second kappa shape index (κ2) is 11.0. The minimum absolute atomic E-state index is 0.0752. The first-order chi connectivity index (χ1) is 14.2. The Morgan fingerprint density at radius 3 is 2.00 bits per heavy atom. The lowest BCUT2D eigenvalue weighted by molar-refractivity contribution is -0.124. The molecule has 30 heavy (non-hydrogen) atoms. The molecule has 6 nitrogen and oxygen atoms in total. The van der Waals surface area contributed by atoms with Gasteiger partial charge in [-0.3, -0.25) is 9.59 Å². The van der Waals surface area contributed by atoms with Crippen LogP contribution in [0.3, 0.4) is 0 Å². The van der Waals surface area contributed by atoms with E-state index in [2.05, 4.69) is 26.6 Å². The van der Waals surface area contributed by atoms with Crippen molar-refractivity contribution < 1.29 is 19.1 Å². The number of rotatable bonds is 9. The van der Waals surface area contributed by atoms with E-state index < -0.39 is 6.04 Å². The first kappa shape index (κ1) is 23.7. The highest BCUT2D eigenvalue weighted by molar-refractivity contribution is 9.10. The van der Waals surface area contributed by atoms with Crippen LogP contribution in [0, 0.1) is 5.92 Å². The molecule has 0 saturated carbocycles. The molecular formula is C23H29BrN2O4. The van der Waals surface area contributed by atoms with Gasteiger partial charge in [-0.2, -0.15) is 0 Å². The molecule has 162 valence electrons. The Hall–Kier alpha value is -2.54. The van der Waals surface area contributed by atoms with Gasteiger partial charge in [0, 0.05) is 22.1 Å². The van der Waals surface area contributed by atoms with Crippen LogP contribution < -0.4 is 20.1 Å². The van der Waals surface area contributed by atoms with E-state index in [9.17, 15) is 9.59 Å². The van der Waals surface area contributed by atoms with E-state index in [1.54, 1.807) is 18.2 Å². The Bertz CT molecular complexity index is 846. The van der Waals surface area contributed by atoms with Crippen LogP contribution in [0.25, 0.3) is 0 Å². The molecule has 0 aliphatic carbocycles. The number of hydrogen-bond acceptors (Lipinski definition) is 4. The van der Waals surface area contributed by atoms with Gasteiger partial charge >= 0.3 is 0 Å². The smallest absolute Gasteiger partial charge is 0.252 e. The Morgan fingerprint density at radius 2 is 1.50 bits per heavy atom. The van der Waals surface area contributed by atoms with Gasteiger partial charge < -0.3 is 20.1 Å². The first-order valence-electron chi connectivity index (χ1n) is 9.82. The quantitative estimate of drug-likeness (QED) is 0.573. The lowest BCUT2D eigenvalue weighted by Crippen LogP contribution is -2.52. The zero-order valence-electron chi connectivity index (χ0n) is 18.0. The molecule has 0 radical (unpaired) electrons. The van der Waals surface area contributed by atoms with Crippen LogP contribution in [0.2, 0.25) is 0 Å². The third-order valence-corrected chi connectivity index (χ3v) is 5.22. The fourth-order valence-electron chi connectivity index (χ4n) is 3.06. The molecule has 2 unspecified atom stereocenters. The van der Waals surface area contributed by atoms with Crippen molar-refractivity contribution in [3.05, 3.63) is 58.1 Å². The Morgan fingerprint density at radius 1 is 0.933 bits per heavy atom. The van der Waals surface area contributed by atoms with Crippen LogP contribution in [0.4, 0.5) is 0 Å². The number of nitrogens with one attached hydrogen (secondary N) is 2. The van der Waals surface area contributed by atoms with Gasteiger partial charge in [0.05, 0.1) is 14.2 Å². The highest BCUT2D eigenvalue weighted by Gasteiger charge is 2.26. The van der Waals surface area contributed by atoms with Crippen molar-refractivity contribution >= 4 is 27.7 Å². The highest BCUT2D eigenvalue weighted by atomic mass is 79.9. The standard InChI is InChI=1S/C23H29BrN2O4/c1-14(2)21(23(28)25-15(3)10-16-6-8-18(24)9-7-16)26-22(27)17-11-19(29-4)13-20(12-17)30-5/h6-9,11-15,21H,10H2,1-5H3,(H,25,28)(H,26,27). The summed E-state index contributed by atoms with van der Waals surface area (Å²) in [6.07, 6.45) is 0.699. The summed E-state index contributed by atoms with van der Waals surface area (Å²) in [4.78, 5) is 25.7. The number of amides is 2. The van der Waals surface area contributed by atoms with Gasteiger partial charge in [0.2, 0.25) is 5.91 Å². The summed E-state index contributed by atoms with van der Waals surface area (Å²) in [5.41, 5.74) is 1.49. The molecular weight excluding hydrogens is 448 g/mol. The molecule has 2 aromatic carbocycles. The molecule has 0 heterocycles. The molecule has 2 atom stereocenters. The number of methoxy groups -OCH3 is 2. The van der Waals surface area contributed by atoms with Gasteiger partial charge in [-0.15, -0.1) is 0 Å². The van der Waals surface area contributed by atoms with Gasteiger partial charge in [-0.25, -0.2) is 0 Å². The van der Waals surface area contributed by atoms with Gasteiger partial charge in [0.1, 0.15) is 17.5 Å². The number of carbonyl (C=O) groups excluding carboxylic acids is 2. The van der Waals surface area contributed by atoms with Gasteiger partial charge in [0.15, 0.2) is 0 Å². The van der Waals surface area contributed by atoms with E-state index in [0.29, 0.717) is 23.5 Å². The maximum Gasteiger partial charge on any atom is 0.252 e. The van der Waals surface area contributed by atoms with Crippen LogP contribution in [0.15, 0.2) is 46.9 Å². The highest BCUT2D eigenvalue weighted by Crippen LogP contribution is 2.22. The molecule has 7 heteroatoms. The van der Waals surface area contributed by atoms with Crippen LogP contribution in [-0.4, -0.2) is 38.1 Å². The van der Waals surface area contributed by atoms with E-state index >= 15 is 0 Å². The van der Waals surface area contributed by atoms with Crippen LogP contribution >= 0.6 is 15.9 Å². The Labute approximate surface area is 186 Å². The number of halogens is 1. The van der Waals surface area contributed by atoms with Crippen molar-refractivity contribution in [1.82, 2.24) is 10.6 Å². The molecule has 0 aliphatic rings. The molecule has 0 spiro atoms. The summed E-state index contributed by atoms with van der Waals surface area (Å²) in [5.74, 6) is 0.363. The minimum Gasteiger partial charge on any atom is -0.497 e. The largest absolute Gasteiger partial charge is 0.497 e. The topological polar surface area (TPSA) is 76.7 Å². The van der Waals surface area contributed by atoms with Crippen molar-refractivity contribution in [2.24, 2.45) is 5.92 Å². The third-order valence-electron chi connectivity index (χ3n) is 4.69. The molecule has 0 fully saturated rings. The number of carbonyl (C=O) groups is 2. The number of ether oxygens (including phenoxy) is 2. The summed E-state index contributed by atoms with van der Waals surface area (Å²) in [7, 11) is 3.04. The SMILES string of the molecule is COc1cc(OC)cc(C(=O)NC(C(=O)NC(C)Cc2ccc(Br)cc2)C(C)C)c1. The van der Waals surface area contributed by atoms with Gasteiger partial charge in [-0.1, -0.05) is 41.9 Å². The van der Waals surface area contributed by atoms with Crippen molar-refractivity contribution in [1.29, 1.82) is 0 Å². The zero-order chi connectivity index (χ0) is 22.3. The van der Waals surface area contributed by atoms with Crippen LogP contribution in [0.5, 0.6) is 11.5 Å². The Balaban J connectivity index is 2.06. The average Bonchev–Trinajstić information content (AvgIpc) is 2.72. The monoisotopic (exact) mass is 476 g/mol. The molecule has 2 rings (SSSR count). The molecule has 2 N–H and O–H groups in total. The maximum absolute atomic E-state index is 12.9. The van der Waals surface area contributed by atoms with E-state index in [-0.39, 0.29) is 23.8 Å². The lowest BCUT2D eigenvalue weighted by Gasteiger charge is -2.24. The summed E-state index contributed by atoms with van der Waals surface area (Å²) in [6, 6.07) is 12.2. The van der Waals surface area contributed by atoms with Crippen molar-refractivity contribution in [3.63, 3.8) is 0 Å². The second-order valence-electron chi connectivity index (χ2n) is 7.54. The summed E-state index contributed by atoms with van der Waals surface area (Å²) < 4.78 is 11.5. The predicted octanol–water partition coefficient (Wildman–Crippen LogP) is 3.97. The summed E-state index contributed by atoms with van der Waals surface area (Å²) in [5, 5.41) is 5.86. The lowest BCUT2D eigenvalue weighted by atomic mass is 10.0. The maximum atomic E-state index is 12.9. The molecule has 2 aromatic rings. The molecule has 0 aromatic heterocycles. The van der Waals surface area contributed by atoms with E-state index in [1.165, 1.54) is 14.2 Å². The van der Waals surface area contributed by atoms with Gasteiger partial charge in [-0.05, 0) is 49.1 Å². The van der Waals surface area contributed by atoms with Crippen LogP contribution in [0.1, 0.15) is 36.7 Å². The fourth-order valence-corrected chi connectivity index (χ4v) is 3.32. The normalized spacial score (nSPS) is 12.8. The minimum atomic E-state index is -0.665. The summed E-state index contributed by atoms with van der Waals surface area (Å²) in [6.45, 7) is 5.75. The van der Waals surface area contributed by atoms with Crippen molar-refractivity contribution in [3.8, 4) is 11.5 Å². The fraction of sp³-hybridized carbons (Fsp3) is 0.391. The van der Waals surface area contributed by atoms with Crippen LogP contribution in [-0.2, 0) is 11.2 Å². The number of benzene rings is 2. The van der Waals surface area contributed by atoms with E-state index in [4.69, 9.17) is 9.47 Å². The van der Waals surface area contributed by atoms with E-state index in [0.717, 1.165) is 10.0 Å². The predicted molar refractivity (Wildman–Crippen MR) is 121 cm³/mol. The third kappa shape index (κ3) is 6.76. The van der Waals surface area contributed by atoms with Crippen molar-refractivity contribution in [2.45, 2.75) is 39.3 Å². The molecule has 0 saturated heterocycles. The number of hydrogen-bond donors (Lipinski definition) is 2. The molecule has 0 bridgehead atoms. The molecule has 2 amide bonds.